The van der Waals surface area contributed by atoms with Gasteiger partial charge in [-0.2, -0.15) is 12.8 Å². The Bertz CT molecular complexity index is 1500. The third-order valence-electron chi connectivity index (χ3n) is 5.05. The van der Waals surface area contributed by atoms with E-state index in [-0.39, 0.29) is 16.4 Å². The molecule has 0 saturated carbocycles. The number of nitrogens with zero attached hydrogens (tertiary/aromatic N) is 2. The number of allylic oxidation sites excluding steroid dienone is 2. The van der Waals surface area contributed by atoms with Gasteiger partial charge < -0.3 is 4.98 Å². The average Bonchev–Trinajstić information content (AvgIpc) is 3.19. The third-order valence-corrected chi connectivity index (χ3v) is 7.27. The van der Waals surface area contributed by atoms with Crippen molar-refractivity contribution in [3.63, 3.8) is 0 Å². The van der Waals surface area contributed by atoms with Crippen LogP contribution in [0.3, 0.4) is 0 Å². The second-order valence-corrected chi connectivity index (χ2v) is 9.94. The molecule has 0 radical (unpaired) electrons. The molecule has 0 atom stereocenters. The van der Waals surface area contributed by atoms with Gasteiger partial charge in [-0.25, -0.2) is 4.98 Å². The molecule has 4 aromatic rings. The number of H-pyrrole nitrogens is 1. The highest BCUT2D eigenvalue weighted by molar-refractivity contribution is 8.04. The number of sulfonamides is 1. The minimum atomic E-state index is -3.95. The van der Waals surface area contributed by atoms with E-state index in [2.05, 4.69) is 14.4 Å². The number of thioether (sulfide) groups is 1. The maximum absolute atomic E-state index is 13.1. The fraction of sp³-hybridized carbons (Fsp3) is 0.0417. The van der Waals surface area contributed by atoms with Crippen LogP contribution < -0.4 is 0 Å². The van der Waals surface area contributed by atoms with Crippen LogP contribution in [-0.4, -0.2) is 29.9 Å². The van der Waals surface area contributed by atoms with Gasteiger partial charge in [0.05, 0.1) is 26.5 Å². The summed E-state index contributed by atoms with van der Waals surface area (Å²) in [6.45, 7) is 1.88. The topological polar surface area (TPSA) is 92.2 Å². The van der Waals surface area contributed by atoms with Crippen molar-refractivity contribution in [2.24, 2.45) is 4.40 Å². The van der Waals surface area contributed by atoms with Crippen LogP contribution in [0.5, 0.6) is 0 Å². The first-order valence-corrected chi connectivity index (χ1v) is 12.1. The molecule has 0 aliphatic heterocycles. The van der Waals surface area contributed by atoms with Crippen molar-refractivity contribution < 1.29 is 13.2 Å². The molecule has 0 bridgehead atoms. The zero-order valence-electron chi connectivity index (χ0n) is 16.9. The molecule has 5 rings (SSSR count). The van der Waals surface area contributed by atoms with Gasteiger partial charge in [0.2, 0.25) is 5.78 Å². The predicted molar refractivity (Wildman–Crippen MR) is 126 cm³/mol. The van der Waals surface area contributed by atoms with Gasteiger partial charge in [0.1, 0.15) is 0 Å². The van der Waals surface area contributed by atoms with Gasteiger partial charge >= 0.3 is 0 Å². The Labute approximate surface area is 189 Å². The molecule has 0 amide bonds. The van der Waals surface area contributed by atoms with Gasteiger partial charge in [0, 0.05) is 11.1 Å². The van der Waals surface area contributed by atoms with Crippen LogP contribution in [-0.2, 0) is 10.0 Å². The Morgan fingerprint density at radius 1 is 0.906 bits per heavy atom. The number of aromatic amines is 1. The Morgan fingerprint density at radius 3 is 2.34 bits per heavy atom. The summed E-state index contributed by atoms with van der Waals surface area (Å²) < 4.78 is 30.0. The normalized spacial score (nSPS) is 15.1. The fourth-order valence-electron chi connectivity index (χ4n) is 3.43. The van der Waals surface area contributed by atoms with Crippen molar-refractivity contribution in [2.75, 3.05) is 0 Å². The highest BCUT2D eigenvalue weighted by atomic mass is 32.2. The van der Waals surface area contributed by atoms with E-state index in [9.17, 15) is 13.2 Å². The van der Waals surface area contributed by atoms with E-state index in [0.29, 0.717) is 21.2 Å². The van der Waals surface area contributed by atoms with E-state index in [1.807, 2.05) is 31.2 Å². The summed E-state index contributed by atoms with van der Waals surface area (Å²) in [7, 11) is -3.95. The average molecular weight is 460 g/mol. The molecule has 158 valence electrons. The molecule has 32 heavy (non-hydrogen) atoms. The number of benzene rings is 3. The van der Waals surface area contributed by atoms with Gasteiger partial charge in [-0.3, -0.25) is 4.79 Å². The van der Waals surface area contributed by atoms with Gasteiger partial charge in [-0.15, -0.1) is 0 Å². The van der Waals surface area contributed by atoms with Crippen molar-refractivity contribution in [3.05, 3.63) is 100 Å². The highest BCUT2D eigenvalue weighted by Gasteiger charge is 2.27. The molecule has 1 N–H and O–H groups in total. The molecule has 3 aromatic carbocycles. The monoisotopic (exact) mass is 459 g/mol. The largest absolute Gasteiger partial charge is 0.333 e. The number of imidazole rings is 1. The van der Waals surface area contributed by atoms with Crippen LogP contribution in [0.2, 0.25) is 0 Å². The van der Waals surface area contributed by atoms with E-state index in [0.717, 1.165) is 28.4 Å². The summed E-state index contributed by atoms with van der Waals surface area (Å²) in [5, 5.41) is 0.547. The van der Waals surface area contributed by atoms with Gasteiger partial charge in [0.15, 0.2) is 5.16 Å². The minimum absolute atomic E-state index is 0.102. The summed E-state index contributed by atoms with van der Waals surface area (Å²) in [4.78, 5) is 21.3. The number of carbonyl (C=O) groups is 1. The van der Waals surface area contributed by atoms with Crippen LogP contribution in [0.15, 0.2) is 98.2 Å². The van der Waals surface area contributed by atoms with Crippen LogP contribution in [0.1, 0.15) is 21.5 Å². The zero-order chi connectivity index (χ0) is 22.3. The number of para-hydroxylation sites is 2. The predicted octanol–water partition coefficient (Wildman–Crippen LogP) is 4.92. The van der Waals surface area contributed by atoms with Crippen molar-refractivity contribution >= 4 is 44.3 Å². The minimum Gasteiger partial charge on any atom is -0.333 e. The standard InChI is InChI=1S/C24H17N3O3S2/c1-15-10-12-16(13-11-15)32(29,30)27-21-14-22(23(28)18-7-3-2-6-17(18)21)31-24-25-19-8-4-5-9-20(19)26-24/h2-14H,1H3,(H,25,26)/b27-21+. The lowest BCUT2D eigenvalue weighted by atomic mass is 9.94. The second-order valence-electron chi connectivity index (χ2n) is 7.31. The van der Waals surface area contributed by atoms with E-state index in [1.54, 1.807) is 36.4 Å². The van der Waals surface area contributed by atoms with Crippen LogP contribution in [0.4, 0.5) is 0 Å². The summed E-state index contributed by atoms with van der Waals surface area (Å²) in [5.41, 5.74) is 3.72. The van der Waals surface area contributed by atoms with Crippen molar-refractivity contribution in [1.29, 1.82) is 0 Å². The fourth-order valence-corrected chi connectivity index (χ4v) is 5.31. The molecule has 1 aromatic heterocycles. The maximum Gasteiger partial charge on any atom is 0.282 e. The van der Waals surface area contributed by atoms with E-state index < -0.39 is 10.0 Å². The molecule has 6 nitrogen and oxygen atoms in total. The van der Waals surface area contributed by atoms with Crippen molar-refractivity contribution in [2.45, 2.75) is 17.0 Å². The lowest BCUT2D eigenvalue weighted by Crippen LogP contribution is -2.17. The van der Waals surface area contributed by atoms with Crippen molar-refractivity contribution in [3.8, 4) is 0 Å². The lowest BCUT2D eigenvalue weighted by molar-refractivity contribution is 0.104. The summed E-state index contributed by atoms with van der Waals surface area (Å²) in [6.07, 6.45) is 1.52. The number of rotatable bonds is 4. The van der Waals surface area contributed by atoms with Gasteiger partial charge in [0.25, 0.3) is 10.0 Å². The number of hydrogen-bond donors (Lipinski definition) is 1. The number of aromatic nitrogens is 2. The maximum atomic E-state index is 13.1. The number of hydrogen-bond acceptors (Lipinski definition) is 5. The highest BCUT2D eigenvalue weighted by Crippen LogP contribution is 2.33. The van der Waals surface area contributed by atoms with Crippen LogP contribution in [0.25, 0.3) is 11.0 Å². The first-order valence-electron chi connectivity index (χ1n) is 9.81. The summed E-state index contributed by atoms with van der Waals surface area (Å²) in [6, 6.07) is 21.0. The van der Waals surface area contributed by atoms with Crippen LogP contribution in [0, 0.1) is 6.92 Å². The van der Waals surface area contributed by atoms with E-state index >= 15 is 0 Å². The molecule has 8 heteroatoms. The Kier molecular flexibility index (Phi) is 5.03. The summed E-state index contributed by atoms with van der Waals surface area (Å²) in [5.74, 6) is -0.197. The molecule has 1 aliphatic rings. The Balaban J connectivity index is 1.59. The van der Waals surface area contributed by atoms with Gasteiger partial charge in [-0.05, 0) is 49.0 Å². The van der Waals surface area contributed by atoms with E-state index in [4.69, 9.17) is 0 Å². The Hall–Kier alpha value is -3.49. The molecule has 0 saturated heterocycles. The first kappa shape index (κ1) is 20.4. The quantitative estimate of drug-likeness (QED) is 0.468. The van der Waals surface area contributed by atoms with Crippen LogP contribution >= 0.6 is 11.8 Å². The second kappa shape index (κ2) is 7.89. The van der Waals surface area contributed by atoms with Crippen molar-refractivity contribution in [1.82, 2.24) is 9.97 Å². The zero-order valence-corrected chi connectivity index (χ0v) is 18.6. The molecule has 1 heterocycles. The molecular weight excluding hydrogens is 442 g/mol. The number of carbonyl (C=O) groups excluding carboxylic acids is 1. The number of aryl methyl sites for hydroxylation is 1. The summed E-state index contributed by atoms with van der Waals surface area (Å²) >= 11 is 1.16. The van der Waals surface area contributed by atoms with Gasteiger partial charge in [-0.1, -0.05) is 54.1 Å². The Morgan fingerprint density at radius 2 is 1.59 bits per heavy atom. The number of ketones is 1. The molecule has 0 unspecified atom stereocenters. The number of Topliss-reactive ketones (excluding diaryl/α,β-unsaturated/α-hetero) is 1. The number of fused-ring (bicyclic) bond motifs is 2. The smallest absolute Gasteiger partial charge is 0.282 e. The molecule has 0 spiro atoms. The third kappa shape index (κ3) is 3.79. The van der Waals surface area contributed by atoms with E-state index in [1.165, 1.54) is 18.2 Å². The number of nitrogens with one attached hydrogen (secondary N) is 1. The molecule has 1 aliphatic carbocycles. The SMILES string of the molecule is Cc1ccc(S(=O)(=O)/N=C2\C=C(Sc3nc4ccccc4[nH]3)C(=O)c3ccccc32)cc1. The molecule has 0 fully saturated rings. The first-order chi connectivity index (χ1) is 15.4. The lowest BCUT2D eigenvalue weighted by Gasteiger charge is -2.16. The molecular formula is C24H17N3O3S2.